The monoisotopic (exact) mass is 235 g/mol. The smallest absolute Gasteiger partial charge is 0.309 e. The topological polar surface area (TPSA) is 39.2 Å². The summed E-state index contributed by atoms with van der Waals surface area (Å²) in [6.45, 7) is 3.20. The Labute approximate surface area is 76.5 Å². The molecule has 0 aromatic carbocycles. The molecule has 3 nitrogen and oxygen atoms in total. The van der Waals surface area contributed by atoms with Crippen LogP contribution in [-0.4, -0.2) is 11.0 Å². The summed E-state index contributed by atoms with van der Waals surface area (Å²) in [6.07, 6.45) is 0. The van der Waals surface area contributed by atoms with Crippen molar-refractivity contribution < 1.29 is 9.53 Å². The summed E-state index contributed by atoms with van der Waals surface area (Å²) < 4.78 is 5.53. The zero-order valence-corrected chi connectivity index (χ0v) is 8.45. The lowest BCUT2D eigenvalue weighted by atomic mass is 10.7. The molecular formula is C6H6BrNO2S. The molecule has 1 aromatic rings. The van der Waals surface area contributed by atoms with Gasteiger partial charge in [-0.05, 0) is 22.9 Å². The van der Waals surface area contributed by atoms with Crippen molar-refractivity contribution in [2.24, 2.45) is 0 Å². The highest BCUT2D eigenvalue weighted by molar-refractivity contribution is 9.11. The molecule has 0 N–H and O–H groups in total. The molecule has 0 saturated heterocycles. The van der Waals surface area contributed by atoms with Crippen LogP contribution >= 0.6 is 27.3 Å². The highest BCUT2D eigenvalue weighted by Gasteiger charge is 2.08. The summed E-state index contributed by atoms with van der Waals surface area (Å²) in [5.41, 5.74) is 0. The van der Waals surface area contributed by atoms with Crippen molar-refractivity contribution in [2.45, 2.75) is 13.8 Å². The summed E-state index contributed by atoms with van der Waals surface area (Å²) >= 11 is 4.66. The van der Waals surface area contributed by atoms with Crippen molar-refractivity contribution in [3.05, 3.63) is 8.79 Å². The van der Waals surface area contributed by atoms with Gasteiger partial charge in [-0.3, -0.25) is 4.79 Å². The van der Waals surface area contributed by atoms with Crippen LogP contribution in [0.1, 0.15) is 11.9 Å². The molecular weight excluding hydrogens is 230 g/mol. The van der Waals surface area contributed by atoms with Gasteiger partial charge in [0.05, 0.1) is 5.01 Å². The summed E-state index contributed by atoms with van der Waals surface area (Å²) in [5.74, 6) is 0.0102. The third-order valence-corrected chi connectivity index (χ3v) is 2.47. The largest absolute Gasteiger partial charge is 0.405 e. The van der Waals surface area contributed by atoms with Crippen molar-refractivity contribution in [1.29, 1.82) is 0 Å². The Kier molecular flexibility index (Phi) is 2.62. The quantitative estimate of drug-likeness (QED) is 0.701. The summed E-state index contributed by atoms with van der Waals surface area (Å²) in [4.78, 5) is 14.5. The minimum Gasteiger partial charge on any atom is -0.405 e. The minimum absolute atomic E-state index is 0.351. The average molecular weight is 236 g/mol. The van der Waals surface area contributed by atoms with Crippen molar-refractivity contribution >= 4 is 33.2 Å². The molecule has 0 aliphatic heterocycles. The molecule has 0 saturated carbocycles. The first kappa shape index (κ1) is 8.67. The normalized spacial score (nSPS) is 9.73. The summed E-state index contributed by atoms with van der Waals surface area (Å²) in [7, 11) is 0. The van der Waals surface area contributed by atoms with E-state index in [-0.39, 0.29) is 5.97 Å². The van der Waals surface area contributed by atoms with Crippen LogP contribution in [0.3, 0.4) is 0 Å². The van der Waals surface area contributed by atoms with E-state index in [1.54, 1.807) is 0 Å². The lowest BCUT2D eigenvalue weighted by molar-refractivity contribution is -0.132. The molecule has 60 valence electrons. The highest BCUT2D eigenvalue weighted by Crippen LogP contribution is 2.30. The first-order chi connectivity index (χ1) is 5.09. The number of halogens is 1. The van der Waals surface area contributed by atoms with Crippen LogP contribution in [0.15, 0.2) is 3.79 Å². The molecule has 1 rings (SSSR count). The van der Waals surface area contributed by atoms with Crippen LogP contribution in [0, 0.1) is 6.92 Å². The number of rotatable bonds is 1. The average Bonchev–Trinajstić information content (AvgIpc) is 2.09. The molecule has 0 bridgehead atoms. The number of thiazole rings is 1. The lowest BCUT2D eigenvalue weighted by Crippen LogP contribution is -2.01. The molecule has 0 fully saturated rings. The number of aromatic nitrogens is 1. The van der Waals surface area contributed by atoms with Crippen LogP contribution < -0.4 is 4.74 Å². The maximum absolute atomic E-state index is 10.5. The van der Waals surface area contributed by atoms with Gasteiger partial charge >= 0.3 is 5.97 Å². The number of hydrogen-bond donors (Lipinski definition) is 0. The van der Waals surface area contributed by atoms with Gasteiger partial charge in [-0.15, -0.1) is 11.3 Å². The van der Waals surface area contributed by atoms with E-state index in [0.717, 1.165) is 8.79 Å². The Hall–Kier alpha value is -0.420. The van der Waals surface area contributed by atoms with E-state index in [9.17, 15) is 4.79 Å². The molecule has 0 aliphatic rings. The Morgan fingerprint density at radius 2 is 2.36 bits per heavy atom. The fourth-order valence-electron chi connectivity index (χ4n) is 0.582. The molecule has 11 heavy (non-hydrogen) atoms. The van der Waals surface area contributed by atoms with Crippen molar-refractivity contribution in [1.82, 2.24) is 4.98 Å². The molecule has 1 aromatic heterocycles. The summed E-state index contributed by atoms with van der Waals surface area (Å²) in [5, 5.41) is 0.869. The number of nitrogens with zero attached hydrogens (tertiary/aromatic N) is 1. The van der Waals surface area contributed by atoms with Crippen LogP contribution in [0.5, 0.6) is 5.88 Å². The van der Waals surface area contributed by atoms with E-state index in [4.69, 9.17) is 4.74 Å². The molecule has 0 atom stereocenters. The lowest BCUT2D eigenvalue weighted by Gasteiger charge is -1.93. The SMILES string of the molecule is CC(=O)Oc1nc(C)sc1Br. The predicted molar refractivity (Wildman–Crippen MR) is 45.9 cm³/mol. The summed E-state index contributed by atoms with van der Waals surface area (Å²) in [6, 6.07) is 0. The zero-order chi connectivity index (χ0) is 8.43. The highest BCUT2D eigenvalue weighted by atomic mass is 79.9. The number of esters is 1. The standard InChI is InChI=1S/C6H6BrNO2S/c1-3-8-6(5(7)11-3)10-4(2)9/h1-2H3. The maximum atomic E-state index is 10.5. The molecule has 0 amide bonds. The minimum atomic E-state index is -0.351. The number of carbonyl (C=O) groups is 1. The van der Waals surface area contributed by atoms with Gasteiger partial charge in [-0.1, -0.05) is 0 Å². The fraction of sp³-hybridized carbons (Fsp3) is 0.333. The number of ether oxygens (including phenoxy) is 1. The van der Waals surface area contributed by atoms with Crippen LogP contribution in [0.4, 0.5) is 0 Å². The number of carbonyl (C=O) groups excluding carboxylic acids is 1. The molecule has 0 aliphatic carbocycles. The second-order valence-corrected chi connectivity index (χ2v) is 4.43. The van der Waals surface area contributed by atoms with E-state index in [0.29, 0.717) is 5.88 Å². The van der Waals surface area contributed by atoms with E-state index < -0.39 is 0 Å². The van der Waals surface area contributed by atoms with Gasteiger partial charge in [0.25, 0.3) is 0 Å². The van der Waals surface area contributed by atoms with Gasteiger partial charge in [-0.2, -0.15) is 0 Å². The third-order valence-electron chi connectivity index (χ3n) is 0.905. The Balaban J connectivity index is 2.85. The molecule has 0 spiro atoms. The van der Waals surface area contributed by atoms with Gasteiger partial charge in [0.15, 0.2) is 0 Å². The maximum Gasteiger partial charge on any atom is 0.309 e. The van der Waals surface area contributed by atoms with Crippen molar-refractivity contribution in [3.8, 4) is 5.88 Å². The van der Waals surface area contributed by atoms with Crippen LogP contribution in [0.2, 0.25) is 0 Å². The van der Waals surface area contributed by atoms with Crippen LogP contribution in [0.25, 0.3) is 0 Å². The predicted octanol–water partition coefficient (Wildman–Crippen LogP) is 2.14. The van der Waals surface area contributed by atoms with Gasteiger partial charge in [0.1, 0.15) is 3.79 Å². The Bertz CT molecular complexity index is 284. The van der Waals surface area contributed by atoms with Crippen molar-refractivity contribution in [2.75, 3.05) is 0 Å². The first-order valence-electron chi connectivity index (χ1n) is 2.91. The van der Waals surface area contributed by atoms with Gasteiger partial charge < -0.3 is 4.74 Å². The van der Waals surface area contributed by atoms with Gasteiger partial charge in [0.2, 0.25) is 5.88 Å². The van der Waals surface area contributed by atoms with Gasteiger partial charge in [-0.25, -0.2) is 4.98 Å². The molecule has 0 unspecified atom stereocenters. The molecule has 5 heteroatoms. The Morgan fingerprint density at radius 3 is 2.73 bits per heavy atom. The Morgan fingerprint density at radius 1 is 1.73 bits per heavy atom. The number of aryl methyl sites for hydroxylation is 1. The first-order valence-corrected chi connectivity index (χ1v) is 4.52. The van der Waals surface area contributed by atoms with E-state index in [2.05, 4.69) is 20.9 Å². The number of hydrogen-bond acceptors (Lipinski definition) is 4. The van der Waals surface area contributed by atoms with Crippen LogP contribution in [-0.2, 0) is 4.79 Å². The van der Waals surface area contributed by atoms with Crippen molar-refractivity contribution in [3.63, 3.8) is 0 Å². The van der Waals surface area contributed by atoms with E-state index in [1.807, 2.05) is 6.92 Å². The fourth-order valence-corrected chi connectivity index (χ4v) is 2.02. The zero-order valence-electron chi connectivity index (χ0n) is 6.05. The van der Waals surface area contributed by atoms with Gasteiger partial charge in [0, 0.05) is 6.92 Å². The second-order valence-electron chi connectivity index (χ2n) is 1.91. The second kappa shape index (κ2) is 3.32. The third kappa shape index (κ3) is 2.27. The van der Waals surface area contributed by atoms with E-state index >= 15 is 0 Å². The van der Waals surface area contributed by atoms with E-state index in [1.165, 1.54) is 18.3 Å². The molecule has 0 radical (unpaired) electrons. The molecule has 1 heterocycles.